The Morgan fingerprint density at radius 3 is 1.65 bits per heavy atom. The van der Waals surface area contributed by atoms with E-state index < -0.39 is 19.0 Å². The zero-order valence-electron chi connectivity index (χ0n) is 13.3. The number of hydrogen-bond acceptors (Lipinski definition) is 2. The summed E-state index contributed by atoms with van der Waals surface area (Å²) >= 11 is 0. The standard InChI is InChI=1S/C9H18O2.C3H3F5.C2H5F.4CH4/c1-4-6-10-7-8-11-9(3)5-2;4-1-2(5)3(6,7)8;1-2-3;;;;/h4,9H,1,5-8H2,2-3H3;2H,1H2;2H2,1H3;4*1H4. The molecule has 0 aromatic rings. The van der Waals surface area contributed by atoms with Gasteiger partial charge in [0.25, 0.3) is 0 Å². The molecule has 0 aliphatic rings. The molecule has 0 radical (unpaired) electrons. The predicted molar refractivity (Wildman–Crippen MR) is 102 cm³/mol. The van der Waals surface area contributed by atoms with Gasteiger partial charge in [0.2, 0.25) is 6.17 Å². The van der Waals surface area contributed by atoms with Crippen molar-refractivity contribution < 1.29 is 35.8 Å². The molecule has 0 amide bonds. The van der Waals surface area contributed by atoms with Crippen molar-refractivity contribution in [1.29, 1.82) is 0 Å². The minimum absolute atomic E-state index is 0. The fraction of sp³-hybridized carbons (Fsp3) is 0.889. The van der Waals surface area contributed by atoms with E-state index in [0.717, 1.165) is 6.42 Å². The van der Waals surface area contributed by atoms with Crippen molar-refractivity contribution in [3.8, 4) is 0 Å². The normalized spacial score (nSPS) is 11.1. The Morgan fingerprint density at radius 1 is 1.00 bits per heavy atom. The lowest BCUT2D eigenvalue weighted by molar-refractivity contribution is -0.183. The van der Waals surface area contributed by atoms with Crippen molar-refractivity contribution >= 4 is 0 Å². The van der Waals surface area contributed by atoms with Crippen LogP contribution in [0, 0.1) is 0 Å². The summed E-state index contributed by atoms with van der Waals surface area (Å²) in [5, 5.41) is 0. The lowest BCUT2D eigenvalue weighted by Crippen LogP contribution is -2.25. The van der Waals surface area contributed by atoms with E-state index in [0.29, 0.717) is 25.9 Å². The summed E-state index contributed by atoms with van der Waals surface area (Å²) in [4.78, 5) is 0. The van der Waals surface area contributed by atoms with Crippen LogP contribution in [-0.2, 0) is 9.47 Å². The summed E-state index contributed by atoms with van der Waals surface area (Å²) in [5.74, 6) is 0. The Kier molecular flexibility index (Phi) is 54.8. The maximum absolute atomic E-state index is 11.1. The molecule has 0 aromatic carbocycles. The van der Waals surface area contributed by atoms with E-state index in [4.69, 9.17) is 9.47 Å². The number of hydrogen-bond donors (Lipinski definition) is 0. The summed E-state index contributed by atoms with van der Waals surface area (Å²) in [6, 6.07) is 0. The van der Waals surface area contributed by atoms with Crippen LogP contribution in [-0.4, -0.2) is 51.6 Å². The molecule has 0 bridgehead atoms. The fourth-order valence-corrected chi connectivity index (χ4v) is 0.680. The molecule has 0 spiro atoms. The largest absolute Gasteiger partial charge is 0.422 e. The molecule has 26 heavy (non-hydrogen) atoms. The fourth-order valence-electron chi connectivity index (χ4n) is 0.680. The van der Waals surface area contributed by atoms with Crippen molar-refractivity contribution in [1.82, 2.24) is 0 Å². The molecule has 0 rings (SSSR count). The predicted octanol–water partition coefficient (Wildman–Crippen LogP) is 7.38. The van der Waals surface area contributed by atoms with E-state index in [1.54, 1.807) is 6.08 Å². The number of ether oxygens (including phenoxy) is 2. The molecular formula is C18H42F6O2. The first-order valence-electron chi connectivity index (χ1n) is 6.83. The van der Waals surface area contributed by atoms with Gasteiger partial charge in [-0.15, -0.1) is 6.58 Å². The molecule has 2 unspecified atom stereocenters. The molecule has 0 fully saturated rings. The molecule has 0 heterocycles. The van der Waals surface area contributed by atoms with Crippen molar-refractivity contribution in [3.63, 3.8) is 0 Å². The molecular weight excluding hydrogens is 362 g/mol. The van der Waals surface area contributed by atoms with Gasteiger partial charge in [-0.05, 0) is 20.3 Å². The Balaban J connectivity index is -0.0000000434. The van der Waals surface area contributed by atoms with E-state index in [1.165, 1.54) is 6.92 Å². The SMILES string of the molecule is C.C.C.C.C=CCOCCOC(C)CC.CCF.FCC(F)C(F)(F)F. The van der Waals surface area contributed by atoms with Gasteiger partial charge >= 0.3 is 6.18 Å². The van der Waals surface area contributed by atoms with Gasteiger partial charge in [0, 0.05) is 0 Å². The zero-order chi connectivity index (χ0) is 18.0. The van der Waals surface area contributed by atoms with Crippen LogP contribution in [0.3, 0.4) is 0 Å². The highest BCUT2D eigenvalue weighted by Crippen LogP contribution is 2.22. The second-order valence-corrected chi connectivity index (χ2v) is 3.88. The van der Waals surface area contributed by atoms with Crippen LogP contribution in [0.4, 0.5) is 26.3 Å². The highest BCUT2D eigenvalue weighted by molar-refractivity contribution is 4.63. The first-order valence-corrected chi connectivity index (χ1v) is 6.83. The molecule has 0 N–H and O–H groups in total. The van der Waals surface area contributed by atoms with Crippen LogP contribution in [0.2, 0.25) is 0 Å². The van der Waals surface area contributed by atoms with E-state index in [9.17, 15) is 26.3 Å². The maximum Gasteiger partial charge on any atom is 0.422 e. The quantitative estimate of drug-likeness (QED) is 0.239. The monoisotopic (exact) mass is 404 g/mol. The molecule has 2 atom stereocenters. The Bertz CT molecular complexity index is 226. The summed E-state index contributed by atoms with van der Waals surface area (Å²) in [6.07, 6.45) is -5.20. The number of rotatable bonds is 8. The molecule has 8 heteroatoms. The third-order valence-electron chi connectivity index (χ3n) is 1.93. The van der Waals surface area contributed by atoms with Gasteiger partial charge in [0.15, 0.2) is 0 Å². The molecule has 168 valence electrons. The third-order valence-corrected chi connectivity index (χ3v) is 1.93. The average molecular weight is 405 g/mol. The Hall–Kier alpha value is -0.760. The first kappa shape index (κ1) is 44.6. The summed E-state index contributed by atoms with van der Waals surface area (Å²) in [6.45, 7) is 8.89. The Morgan fingerprint density at radius 2 is 1.42 bits per heavy atom. The van der Waals surface area contributed by atoms with Crippen LogP contribution < -0.4 is 0 Å². The Labute approximate surface area is 158 Å². The second-order valence-electron chi connectivity index (χ2n) is 3.88. The molecule has 2 nitrogen and oxygen atoms in total. The topological polar surface area (TPSA) is 18.5 Å². The molecule has 0 saturated heterocycles. The van der Waals surface area contributed by atoms with Gasteiger partial charge < -0.3 is 9.47 Å². The van der Waals surface area contributed by atoms with E-state index >= 15 is 0 Å². The van der Waals surface area contributed by atoms with Gasteiger partial charge in [-0.2, -0.15) is 13.2 Å². The van der Waals surface area contributed by atoms with Crippen molar-refractivity contribution in [2.75, 3.05) is 33.2 Å². The van der Waals surface area contributed by atoms with E-state index in [1.807, 2.05) is 0 Å². The van der Waals surface area contributed by atoms with Gasteiger partial charge in [0.05, 0.1) is 32.6 Å². The zero-order valence-corrected chi connectivity index (χ0v) is 13.3. The molecule has 0 saturated carbocycles. The van der Waals surface area contributed by atoms with Crippen molar-refractivity contribution in [2.45, 2.75) is 75.4 Å². The van der Waals surface area contributed by atoms with Crippen LogP contribution in [0.25, 0.3) is 0 Å². The number of halogens is 6. The lowest BCUT2D eigenvalue weighted by Gasteiger charge is -2.09. The summed E-state index contributed by atoms with van der Waals surface area (Å²) < 4.78 is 75.2. The van der Waals surface area contributed by atoms with Gasteiger partial charge in [-0.3, -0.25) is 4.39 Å². The second kappa shape index (κ2) is 32.0. The number of alkyl halides is 6. The van der Waals surface area contributed by atoms with Crippen LogP contribution >= 0.6 is 0 Å². The first-order chi connectivity index (χ1) is 10.2. The van der Waals surface area contributed by atoms with Gasteiger partial charge in [-0.25, -0.2) is 8.78 Å². The average Bonchev–Trinajstić information content (AvgIpc) is 2.46. The summed E-state index contributed by atoms with van der Waals surface area (Å²) in [7, 11) is 0. The minimum atomic E-state index is -5.03. The van der Waals surface area contributed by atoms with Crippen molar-refractivity contribution in [3.05, 3.63) is 12.7 Å². The van der Waals surface area contributed by atoms with Crippen LogP contribution in [0.1, 0.15) is 56.9 Å². The smallest absolute Gasteiger partial charge is 0.376 e. The lowest BCUT2D eigenvalue weighted by atomic mass is 10.3. The molecule has 0 aliphatic carbocycles. The van der Waals surface area contributed by atoms with Crippen LogP contribution in [0.15, 0.2) is 12.7 Å². The maximum atomic E-state index is 11.1. The molecule has 0 aromatic heterocycles. The molecule has 0 aliphatic heterocycles. The van der Waals surface area contributed by atoms with E-state index in [-0.39, 0.29) is 36.4 Å². The minimum Gasteiger partial charge on any atom is -0.376 e. The van der Waals surface area contributed by atoms with Gasteiger partial charge in [0.1, 0.15) is 6.67 Å². The summed E-state index contributed by atoms with van der Waals surface area (Å²) in [5.41, 5.74) is 0. The van der Waals surface area contributed by atoms with Crippen molar-refractivity contribution in [2.24, 2.45) is 0 Å². The van der Waals surface area contributed by atoms with Gasteiger partial charge in [-0.1, -0.05) is 42.7 Å². The van der Waals surface area contributed by atoms with Crippen LogP contribution in [0.5, 0.6) is 0 Å². The highest BCUT2D eigenvalue weighted by Gasteiger charge is 2.39. The third kappa shape index (κ3) is 43.6. The highest BCUT2D eigenvalue weighted by atomic mass is 19.4. The van der Waals surface area contributed by atoms with E-state index in [2.05, 4.69) is 20.4 Å².